The number of benzene rings is 2. The number of hydrogen-bond acceptors (Lipinski definition) is 4. The van der Waals surface area contributed by atoms with Gasteiger partial charge in [-0.05, 0) is 37.1 Å². The van der Waals surface area contributed by atoms with Gasteiger partial charge in [0, 0.05) is 24.6 Å². The highest BCUT2D eigenvalue weighted by atomic mass is 32.1. The number of fused-ring (bicyclic) bond motifs is 1. The average molecular weight is 456 g/mol. The smallest absolute Gasteiger partial charge is 0.337 e. The van der Waals surface area contributed by atoms with Crippen LogP contribution in [0.4, 0.5) is 13.2 Å². The zero-order valence-corrected chi connectivity index (χ0v) is 17.7. The van der Waals surface area contributed by atoms with Gasteiger partial charge in [0.2, 0.25) is 0 Å². The summed E-state index contributed by atoms with van der Waals surface area (Å²) >= 11 is 1.43. The number of halogens is 3. The molecule has 1 aliphatic heterocycles. The van der Waals surface area contributed by atoms with Crippen molar-refractivity contribution in [2.45, 2.75) is 24.9 Å². The number of rotatable bonds is 3. The summed E-state index contributed by atoms with van der Waals surface area (Å²) in [4.78, 5) is 19.2. The van der Waals surface area contributed by atoms with Crippen LogP contribution in [0.15, 0.2) is 54.6 Å². The van der Waals surface area contributed by atoms with E-state index in [1.807, 2.05) is 30.3 Å². The van der Waals surface area contributed by atoms with E-state index in [4.69, 9.17) is 0 Å². The van der Waals surface area contributed by atoms with Crippen molar-refractivity contribution < 1.29 is 18.0 Å². The van der Waals surface area contributed by atoms with Crippen LogP contribution in [0.5, 0.6) is 0 Å². The van der Waals surface area contributed by atoms with E-state index in [9.17, 15) is 18.0 Å². The van der Waals surface area contributed by atoms with Gasteiger partial charge in [-0.2, -0.15) is 18.3 Å². The molecule has 9 heteroatoms. The molecule has 0 atom stereocenters. The minimum absolute atomic E-state index is 0.0998. The molecule has 1 N–H and O–H groups in total. The molecule has 164 valence electrons. The van der Waals surface area contributed by atoms with Gasteiger partial charge in [0.15, 0.2) is 0 Å². The molecule has 2 aromatic heterocycles. The molecule has 0 saturated carbocycles. The van der Waals surface area contributed by atoms with Crippen molar-refractivity contribution in [3.63, 3.8) is 0 Å². The van der Waals surface area contributed by atoms with Gasteiger partial charge in [-0.1, -0.05) is 30.3 Å². The fourth-order valence-corrected chi connectivity index (χ4v) is 5.10. The van der Waals surface area contributed by atoms with Crippen LogP contribution in [-0.4, -0.2) is 39.1 Å². The Kier molecular flexibility index (Phi) is 5.21. The van der Waals surface area contributed by atoms with Crippen LogP contribution in [0.3, 0.4) is 0 Å². The van der Waals surface area contributed by atoms with Crippen LogP contribution in [0.2, 0.25) is 0 Å². The molecule has 1 fully saturated rings. The maximum atomic E-state index is 13.0. The topological polar surface area (TPSA) is 61.9 Å². The Morgan fingerprint density at radius 3 is 2.53 bits per heavy atom. The second kappa shape index (κ2) is 8.05. The van der Waals surface area contributed by atoms with Crippen molar-refractivity contribution >= 4 is 27.5 Å². The van der Waals surface area contributed by atoms with Crippen LogP contribution in [0, 0.1) is 0 Å². The molecular weight excluding hydrogens is 437 g/mol. The Bertz CT molecular complexity index is 1260. The van der Waals surface area contributed by atoms with Crippen molar-refractivity contribution in [3.8, 4) is 11.3 Å². The lowest BCUT2D eigenvalue weighted by Gasteiger charge is -2.30. The van der Waals surface area contributed by atoms with E-state index in [0.717, 1.165) is 45.9 Å². The van der Waals surface area contributed by atoms with Crippen molar-refractivity contribution in [2.75, 3.05) is 13.1 Å². The summed E-state index contributed by atoms with van der Waals surface area (Å²) in [5.74, 6) is 0.0321. The highest BCUT2D eigenvalue weighted by Crippen LogP contribution is 2.37. The molecule has 1 amide bonds. The zero-order valence-electron chi connectivity index (χ0n) is 16.9. The SMILES string of the molecule is O=C(c1cc(-c2ccccc2)n[nH]1)N1CCC(c2nc3cc(C(F)(F)F)ccc3s2)CC1. The minimum Gasteiger partial charge on any atom is -0.337 e. The van der Waals surface area contributed by atoms with Gasteiger partial charge in [-0.3, -0.25) is 9.89 Å². The Hall–Kier alpha value is -3.20. The maximum Gasteiger partial charge on any atom is 0.416 e. The summed E-state index contributed by atoms with van der Waals surface area (Å²) in [5, 5.41) is 7.92. The Labute approximate surface area is 185 Å². The molecule has 0 spiro atoms. The molecule has 0 aliphatic carbocycles. The van der Waals surface area contributed by atoms with Gasteiger partial charge < -0.3 is 4.90 Å². The third-order valence-electron chi connectivity index (χ3n) is 5.74. The summed E-state index contributed by atoms with van der Waals surface area (Å²) in [6.45, 7) is 1.12. The summed E-state index contributed by atoms with van der Waals surface area (Å²) in [7, 11) is 0. The lowest BCUT2D eigenvalue weighted by molar-refractivity contribution is -0.137. The van der Waals surface area contributed by atoms with E-state index in [-0.39, 0.29) is 11.8 Å². The molecule has 1 aliphatic rings. The second-order valence-electron chi connectivity index (χ2n) is 7.83. The Balaban J connectivity index is 1.26. The number of nitrogens with zero attached hydrogens (tertiary/aromatic N) is 3. The summed E-state index contributed by atoms with van der Waals surface area (Å²) in [5.41, 5.74) is 1.80. The normalized spacial score (nSPS) is 15.4. The lowest BCUT2D eigenvalue weighted by Crippen LogP contribution is -2.38. The van der Waals surface area contributed by atoms with Gasteiger partial charge >= 0.3 is 6.18 Å². The van der Waals surface area contributed by atoms with Gasteiger partial charge in [-0.25, -0.2) is 4.98 Å². The molecule has 0 bridgehead atoms. The van der Waals surface area contributed by atoms with E-state index in [1.165, 1.54) is 17.4 Å². The maximum absolute atomic E-state index is 13.0. The summed E-state index contributed by atoms with van der Waals surface area (Å²) in [6.07, 6.45) is -2.94. The number of alkyl halides is 3. The highest BCUT2D eigenvalue weighted by molar-refractivity contribution is 7.18. The van der Waals surface area contributed by atoms with Gasteiger partial charge in [-0.15, -0.1) is 11.3 Å². The van der Waals surface area contributed by atoms with Crippen LogP contribution in [0.1, 0.15) is 39.8 Å². The largest absolute Gasteiger partial charge is 0.416 e. The van der Waals surface area contributed by atoms with E-state index < -0.39 is 11.7 Å². The molecule has 5 nitrogen and oxygen atoms in total. The summed E-state index contributed by atoms with van der Waals surface area (Å²) in [6, 6.07) is 15.1. The first kappa shape index (κ1) is 20.7. The van der Waals surface area contributed by atoms with E-state index in [1.54, 1.807) is 11.0 Å². The monoisotopic (exact) mass is 456 g/mol. The van der Waals surface area contributed by atoms with Crippen molar-refractivity contribution in [1.29, 1.82) is 0 Å². The van der Waals surface area contributed by atoms with Crippen LogP contribution in [-0.2, 0) is 6.18 Å². The first-order chi connectivity index (χ1) is 15.4. The van der Waals surface area contributed by atoms with Crippen LogP contribution in [0.25, 0.3) is 21.5 Å². The average Bonchev–Trinajstić information content (AvgIpc) is 3.46. The number of amides is 1. The highest BCUT2D eigenvalue weighted by Gasteiger charge is 2.31. The minimum atomic E-state index is -4.38. The van der Waals surface area contributed by atoms with Gasteiger partial charge in [0.05, 0.1) is 26.5 Å². The molecule has 0 radical (unpaired) electrons. The van der Waals surface area contributed by atoms with E-state index in [2.05, 4.69) is 15.2 Å². The molecule has 32 heavy (non-hydrogen) atoms. The number of likely N-dealkylation sites (tertiary alicyclic amines) is 1. The van der Waals surface area contributed by atoms with Crippen molar-refractivity contribution in [1.82, 2.24) is 20.1 Å². The third-order valence-corrected chi connectivity index (χ3v) is 6.94. The molecule has 2 aromatic carbocycles. The number of hydrogen-bond donors (Lipinski definition) is 1. The predicted molar refractivity (Wildman–Crippen MR) is 117 cm³/mol. The second-order valence-corrected chi connectivity index (χ2v) is 8.89. The number of aromatic nitrogens is 3. The van der Waals surface area contributed by atoms with Gasteiger partial charge in [0.1, 0.15) is 5.69 Å². The Morgan fingerprint density at radius 2 is 1.81 bits per heavy atom. The predicted octanol–water partition coefficient (Wildman–Crippen LogP) is 5.73. The first-order valence-electron chi connectivity index (χ1n) is 10.3. The molecule has 5 rings (SSSR count). The number of thiazole rings is 1. The van der Waals surface area contributed by atoms with Crippen molar-refractivity contribution in [3.05, 3.63) is 70.9 Å². The van der Waals surface area contributed by atoms with E-state index in [0.29, 0.717) is 24.3 Å². The Morgan fingerprint density at radius 1 is 1.06 bits per heavy atom. The molecule has 0 unspecified atom stereocenters. The summed E-state index contributed by atoms with van der Waals surface area (Å²) < 4.78 is 39.6. The zero-order chi connectivity index (χ0) is 22.3. The number of nitrogens with one attached hydrogen (secondary N) is 1. The quantitative estimate of drug-likeness (QED) is 0.429. The molecule has 4 aromatic rings. The number of carbonyl (C=O) groups is 1. The van der Waals surface area contributed by atoms with Crippen molar-refractivity contribution in [2.24, 2.45) is 0 Å². The van der Waals surface area contributed by atoms with Gasteiger partial charge in [0.25, 0.3) is 5.91 Å². The standard InChI is InChI=1S/C23H19F3N4OS/c24-23(25,26)16-6-7-20-18(12-16)27-21(32-20)15-8-10-30(11-9-15)22(31)19-13-17(28-29-19)14-4-2-1-3-5-14/h1-7,12-13,15H,8-11H2,(H,28,29). The van der Waals surface area contributed by atoms with E-state index >= 15 is 0 Å². The molecule has 3 heterocycles. The van der Waals surface area contributed by atoms with Crippen LogP contribution < -0.4 is 0 Å². The third kappa shape index (κ3) is 4.00. The molecule has 1 saturated heterocycles. The number of H-pyrrole nitrogens is 1. The number of aromatic amines is 1. The first-order valence-corrected chi connectivity index (χ1v) is 11.1. The lowest BCUT2D eigenvalue weighted by atomic mass is 9.97. The fraction of sp³-hybridized carbons (Fsp3) is 0.261. The number of carbonyl (C=O) groups excluding carboxylic acids is 1. The fourth-order valence-electron chi connectivity index (χ4n) is 3.98. The number of piperidine rings is 1. The van der Waals surface area contributed by atoms with Crippen LogP contribution >= 0.6 is 11.3 Å². The molecular formula is C23H19F3N4OS.